The lowest BCUT2D eigenvalue weighted by atomic mass is 9.92. The third kappa shape index (κ3) is 3.15. The molecule has 1 aromatic carbocycles. The van der Waals surface area contributed by atoms with Crippen LogP contribution in [0.15, 0.2) is 29.2 Å². The first kappa shape index (κ1) is 13.5. The normalized spacial score (nSPS) is 30.3. The van der Waals surface area contributed by atoms with Crippen LogP contribution in [-0.2, 0) is 11.2 Å². The van der Waals surface area contributed by atoms with Crippen LogP contribution in [0.25, 0.3) is 0 Å². The van der Waals surface area contributed by atoms with Crippen molar-refractivity contribution in [1.82, 2.24) is 5.32 Å². The van der Waals surface area contributed by atoms with Gasteiger partial charge in [0.1, 0.15) is 0 Å². The average molecular weight is 277 g/mol. The zero-order valence-electron chi connectivity index (χ0n) is 11.6. The van der Waals surface area contributed by atoms with E-state index in [9.17, 15) is 0 Å². The molecule has 0 bridgehead atoms. The third-order valence-electron chi connectivity index (χ3n) is 4.28. The minimum Gasteiger partial charge on any atom is -0.375 e. The van der Waals surface area contributed by atoms with Crippen LogP contribution in [0.3, 0.4) is 0 Å². The van der Waals surface area contributed by atoms with Crippen LogP contribution in [0.2, 0.25) is 0 Å². The van der Waals surface area contributed by atoms with E-state index in [0.29, 0.717) is 17.4 Å². The van der Waals surface area contributed by atoms with Gasteiger partial charge in [0.15, 0.2) is 0 Å². The molecule has 0 aromatic heterocycles. The van der Waals surface area contributed by atoms with E-state index in [-0.39, 0.29) is 0 Å². The van der Waals surface area contributed by atoms with Gasteiger partial charge in [0, 0.05) is 16.2 Å². The maximum absolute atomic E-state index is 6.22. The number of rotatable bonds is 4. The number of likely N-dealkylation sites (N-methyl/N-ethyl adjacent to an activating group) is 1. The highest BCUT2D eigenvalue weighted by Gasteiger charge is 2.27. The standard InChI is InChI=1S/C16H23NOS/c1-17-14-7-3-4-8-15(14)18-11-13-10-12-6-2-5-9-16(12)19-13/h2,5-6,9,13-15,17H,3-4,7-8,10-11H2,1H3. The summed E-state index contributed by atoms with van der Waals surface area (Å²) in [5.74, 6) is 0. The Balaban J connectivity index is 1.51. The number of hydrogen-bond donors (Lipinski definition) is 1. The van der Waals surface area contributed by atoms with Crippen LogP contribution < -0.4 is 5.32 Å². The van der Waals surface area contributed by atoms with Crippen molar-refractivity contribution in [3.8, 4) is 0 Å². The van der Waals surface area contributed by atoms with Gasteiger partial charge in [-0.25, -0.2) is 0 Å². The molecule has 1 N–H and O–H groups in total. The summed E-state index contributed by atoms with van der Waals surface area (Å²) >= 11 is 1.99. The van der Waals surface area contributed by atoms with Crippen molar-refractivity contribution in [2.24, 2.45) is 0 Å². The molecule has 1 aliphatic carbocycles. The van der Waals surface area contributed by atoms with Crippen molar-refractivity contribution < 1.29 is 4.74 Å². The lowest BCUT2D eigenvalue weighted by Crippen LogP contribution is -2.42. The molecule has 3 heteroatoms. The molecule has 0 amide bonds. The molecule has 3 rings (SSSR count). The molecule has 1 aliphatic heterocycles. The molecule has 1 heterocycles. The second kappa shape index (κ2) is 6.29. The summed E-state index contributed by atoms with van der Waals surface area (Å²) < 4.78 is 6.22. The zero-order chi connectivity index (χ0) is 13.1. The monoisotopic (exact) mass is 277 g/mol. The van der Waals surface area contributed by atoms with Gasteiger partial charge in [-0.2, -0.15) is 0 Å². The summed E-state index contributed by atoms with van der Waals surface area (Å²) in [6, 6.07) is 9.31. The Morgan fingerprint density at radius 1 is 1.26 bits per heavy atom. The maximum atomic E-state index is 6.22. The lowest BCUT2D eigenvalue weighted by molar-refractivity contribution is 0.00829. The van der Waals surface area contributed by atoms with Crippen LogP contribution in [-0.4, -0.2) is 31.1 Å². The number of benzene rings is 1. The van der Waals surface area contributed by atoms with Gasteiger partial charge in [0.25, 0.3) is 0 Å². The zero-order valence-corrected chi connectivity index (χ0v) is 12.4. The first-order valence-corrected chi connectivity index (χ1v) is 8.28. The van der Waals surface area contributed by atoms with Crippen molar-refractivity contribution >= 4 is 11.8 Å². The highest BCUT2D eigenvalue weighted by molar-refractivity contribution is 8.00. The summed E-state index contributed by atoms with van der Waals surface area (Å²) in [7, 11) is 2.06. The predicted molar refractivity (Wildman–Crippen MR) is 80.8 cm³/mol. The highest BCUT2D eigenvalue weighted by atomic mass is 32.2. The Bertz CT molecular complexity index is 398. The molecule has 104 valence electrons. The predicted octanol–water partition coefficient (Wildman–Crippen LogP) is 3.25. The highest BCUT2D eigenvalue weighted by Crippen LogP contribution is 2.37. The molecule has 1 aromatic rings. The lowest BCUT2D eigenvalue weighted by Gasteiger charge is -2.31. The first-order chi connectivity index (χ1) is 9.36. The molecule has 0 radical (unpaired) electrons. The molecule has 2 aliphatic rings. The van der Waals surface area contributed by atoms with Gasteiger partial charge in [-0.1, -0.05) is 31.0 Å². The number of nitrogens with one attached hydrogen (secondary N) is 1. The van der Waals surface area contributed by atoms with E-state index in [0.717, 1.165) is 13.0 Å². The number of thioether (sulfide) groups is 1. The SMILES string of the molecule is CNC1CCCCC1OCC1Cc2ccccc2S1. The van der Waals surface area contributed by atoms with Gasteiger partial charge in [0.2, 0.25) is 0 Å². The van der Waals surface area contributed by atoms with Gasteiger partial charge in [-0.15, -0.1) is 11.8 Å². The minimum atomic E-state index is 0.420. The molecule has 0 spiro atoms. The van der Waals surface area contributed by atoms with Crippen LogP contribution in [0.4, 0.5) is 0 Å². The van der Waals surface area contributed by atoms with Gasteiger partial charge >= 0.3 is 0 Å². The second-order valence-electron chi connectivity index (χ2n) is 5.60. The fourth-order valence-electron chi connectivity index (χ4n) is 3.20. The van der Waals surface area contributed by atoms with E-state index < -0.39 is 0 Å². The van der Waals surface area contributed by atoms with E-state index in [2.05, 4.69) is 36.6 Å². The van der Waals surface area contributed by atoms with E-state index in [1.54, 1.807) is 0 Å². The van der Waals surface area contributed by atoms with Crippen LogP contribution in [0.5, 0.6) is 0 Å². The van der Waals surface area contributed by atoms with E-state index in [4.69, 9.17) is 4.74 Å². The maximum Gasteiger partial charge on any atom is 0.0728 e. The third-order valence-corrected chi connectivity index (χ3v) is 5.57. The van der Waals surface area contributed by atoms with E-state index >= 15 is 0 Å². The van der Waals surface area contributed by atoms with Crippen LogP contribution >= 0.6 is 11.8 Å². The summed E-state index contributed by atoms with van der Waals surface area (Å²) in [4.78, 5) is 1.45. The molecule has 3 unspecified atom stereocenters. The van der Waals surface area contributed by atoms with Gasteiger partial charge < -0.3 is 10.1 Å². The van der Waals surface area contributed by atoms with Crippen LogP contribution in [0.1, 0.15) is 31.2 Å². The quantitative estimate of drug-likeness (QED) is 0.913. The Morgan fingerprint density at radius 2 is 2.11 bits per heavy atom. The summed E-state index contributed by atoms with van der Waals surface area (Å²) in [5, 5.41) is 4.02. The van der Waals surface area contributed by atoms with E-state index in [1.807, 2.05) is 11.8 Å². The van der Waals surface area contributed by atoms with Crippen LogP contribution in [0, 0.1) is 0 Å². The van der Waals surface area contributed by atoms with Crippen molar-refractivity contribution in [2.75, 3.05) is 13.7 Å². The van der Waals surface area contributed by atoms with Gasteiger partial charge in [-0.05, 0) is 37.9 Å². The smallest absolute Gasteiger partial charge is 0.0728 e. The molecule has 19 heavy (non-hydrogen) atoms. The van der Waals surface area contributed by atoms with Crippen molar-refractivity contribution in [3.63, 3.8) is 0 Å². The Kier molecular flexibility index (Phi) is 4.46. The summed E-state index contributed by atoms with van der Waals surface area (Å²) in [5.41, 5.74) is 1.50. The summed E-state index contributed by atoms with van der Waals surface area (Å²) in [6.45, 7) is 0.891. The minimum absolute atomic E-state index is 0.420. The number of ether oxygens (including phenoxy) is 1. The fraction of sp³-hybridized carbons (Fsp3) is 0.625. The Labute approximate surface area is 120 Å². The van der Waals surface area contributed by atoms with Crippen molar-refractivity contribution in [3.05, 3.63) is 29.8 Å². The molecular weight excluding hydrogens is 254 g/mol. The second-order valence-corrected chi connectivity index (χ2v) is 6.95. The van der Waals surface area contributed by atoms with E-state index in [1.165, 1.54) is 36.1 Å². The molecule has 3 atom stereocenters. The van der Waals surface area contributed by atoms with Crippen molar-refractivity contribution in [1.29, 1.82) is 0 Å². The molecule has 1 fully saturated rings. The first-order valence-electron chi connectivity index (χ1n) is 7.40. The average Bonchev–Trinajstić information content (AvgIpc) is 2.88. The fourth-order valence-corrected chi connectivity index (χ4v) is 4.43. The molecule has 0 saturated heterocycles. The Hall–Kier alpha value is -0.510. The van der Waals surface area contributed by atoms with Crippen molar-refractivity contribution in [2.45, 2.75) is 54.4 Å². The van der Waals surface area contributed by atoms with Gasteiger partial charge in [-0.3, -0.25) is 0 Å². The largest absolute Gasteiger partial charge is 0.375 e. The number of fused-ring (bicyclic) bond motifs is 1. The van der Waals surface area contributed by atoms with Gasteiger partial charge in [0.05, 0.1) is 12.7 Å². The summed E-state index contributed by atoms with van der Waals surface area (Å²) in [6.07, 6.45) is 6.73. The Morgan fingerprint density at radius 3 is 2.95 bits per heavy atom. The molecule has 1 saturated carbocycles. The molecular formula is C16H23NOS. The molecule has 2 nitrogen and oxygen atoms in total. The number of hydrogen-bond acceptors (Lipinski definition) is 3. The topological polar surface area (TPSA) is 21.3 Å².